The zero-order valence-corrected chi connectivity index (χ0v) is 13.3. The lowest BCUT2D eigenvalue weighted by molar-refractivity contribution is -0.384. The summed E-state index contributed by atoms with van der Waals surface area (Å²) in [5.41, 5.74) is 2.05. The van der Waals surface area contributed by atoms with Crippen LogP contribution >= 0.6 is 0 Å². The molecule has 1 unspecified atom stereocenters. The number of benzene rings is 2. The molecule has 1 atom stereocenters. The van der Waals surface area contributed by atoms with E-state index in [4.69, 9.17) is 9.47 Å². The third kappa shape index (κ3) is 2.73. The number of rotatable bonds is 5. The number of nitro groups is 1. The Morgan fingerprint density at radius 1 is 1.25 bits per heavy atom. The van der Waals surface area contributed by atoms with Gasteiger partial charge in [-0.25, -0.2) is 4.39 Å². The molecule has 0 spiro atoms. The van der Waals surface area contributed by atoms with E-state index in [9.17, 15) is 14.5 Å². The summed E-state index contributed by atoms with van der Waals surface area (Å²) in [6.45, 7) is 0. The minimum Gasteiger partial charge on any atom is -0.496 e. The Balaban J connectivity index is 1.98. The van der Waals surface area contributed by atoms with E-state index in [0.29, 0.717) is 0 Å². The maximum atomic E-state index is 13.8. The average molecular weight is 332 g/mol. The second-order valence-electron chi connectivity index (χ2n) is 5.52. The highest BCUT2D eigenvalue weighted by Crippen LogP contribution is 2.41. The first kappa shape index (κ1) is 16.0. The van der Waals surface area contributed by atoms with Crippen LogP contribution in [0.4, 0.5) is 15.8 Å². The van der Waals surface area contributed by atoms with E-state index in [0.717, 1.165) is 35.8 Å². The zero-order chi connectivity index (χ0) is 17.3. The number of ether oxygens (including phenoxy) is 2. The molecule has 0 aliphatic heterocycles. The van der Waals surface area contributed by atoms with Crippen molar-refractivity contribution in [1.29, 1.82) is 0 Å². The molecule has 6 nitrogen and oxygen atoms in total. The normalized spacial score (nSPS) is 15.7. The smallest absolute Gasteiger partial charge is 0.295 e. The molecule has 1 aliphatic rings. The van der Waals surface area contributed by atoms with Crippen LogP contribution in [0.1, 0.15) is 23.6 Å². The second-order valence-corrected chi connectivity index (χ2v) is 5.52. The molecule has 0 amide bonds. The van der Waals surface area contributed by atoms with Crippen molar-refractivity contribution in [3.63, 3.8) is 0 Å². The summed E-state index contributed by atoms with van der Waals surface area (Å²) in [5.74, 6) is 0.0122. The summed E-state index contributed by atoms with van der Waals surface area (Å²) >= 11 is 0. The SMILES string of the molecule is COc1cc(NC2CCc3c(OC)cccc32)c([N+](=O)[O-])cc1F. The van der Waals surface area contributed by atoms with Gasteiger partial charge in [-0.15, -0.1) is 0 Å². The van der Waals surface area contributed by atoms with Gasteiger partial charge in [-0.3, -0.25) is 10.1 Å². The fourth-order valence-corrected chi connectivity index (χ4v) is 3.12. The first-order valence-electron chi connectivity index (χ1n) is 7.49. The van der Waals surface area contributed by atoms with Gasteiger partial charge in [-0.1, -0.05) is 12.1 Å². The van der Waals surface area contributed by atoms with E-state index in [-0.39, 0.29) is 23.2 Å². The molecule has 0 radical (unpaired) electrons. The van der Waals surface area contributed by atoms with Gasteiger partial charge in [0, 0.05) is 6.07 Å². The molecular formula is C17H17FN2O4. The van der Waals surface area contributed by atoms with Crippen molar-refractivity contribution in [2.75, 3.05) is 19.5 Å². The molecule has 0 saturated heterocycles. The molecule has 1 N–H and O–H groups in total. The highest BCUT2D eigenvalue weighted by Gasteiger charge is 2.28. The third-order valence-corrected chi connectivity index (χ3v) is 4.24. The van der Waals surface area contributed by atoms with Crippen molar-refractivity contribution in [2.45, 2.75) is 18.9 Å². The van der Waals surface area contributed by atoms with Crippen molar-refractivity contribution in [2.24, 2.45) is 0 Å². The molecule has 0 bridgehead atoms. The van der Waals surface area contributed by atoms with Gasteiger partial charge >= 0.3 is 0 Å². The number of hydrogen-bond acceptors (Lipinski definition) is 5. The molecule has 7 heteroatoms. The van der Waals surface area contributed by atoms with Crippen molar-refractivity contribution < 1.29 is 18.8 Å². The fraction of sp³-hybridized carbons (Fsp3) is 0.294. The maximum Gasteiger partial charge on any atom is 0.295 e. The van der Waals surface area contributed by atoms with Crippen LogP contribution in [-0.4, -0.2) is 19.1 Å². The summed E-state index contributed by atoms with van der Waals surface area (Å²) < 4.78 is 24.1. The van der Waals surface area contributed by atoms with Crippen molar-refractivity contribution >= 4 is 11.4 Å². The lowest BCUT2D eigenvalue weighted by atomic mass is 10.1. The number of hydrogen-bond donors (Lipinski definition) is 1. The first-order valence-corrected chi connectivity index (χ1v) is 7.49. The van der Waals surface area contributed by atoms with Crippen molar-refractivity contribution in [3.05, 3.63) is 57.4 Å². The van der Waals surface area contributed by atoms with Gasteiger partial charge < -0.3 is 14.8 Å². The zero-order valence-electron chi connectivity index (χ0n) is 13.3. The van der Waals surface area contributed by atoms with E-state index in [1.165, 1.54) is 13.2 Å². The minimum atomic E-state index is -0.761. The number of anilines is 1. The van der Waals surface area contributed by atoms with Crippen LogP contribution in [-0.2, 0) is 6.42 Å². The predicted octanol–water partition coefficient (Wildman–Crippen LogP) is 3.85. The molecule has 24 heavy (non-hydrogen) atoms. The number of methoxy groups -OCH3 is 2. The lowest BCUT2D eigenvalue weighted by Gasteiger charge is -2.17. The lowest BCUT2D eigenvalue weighted by Crippen LogP contribution is -2.09. The van der Waals surface area contributed by atoms with Crippen LogP contribution < -0.4 is 14.8 Å². The molecule has 3 rings (SSSR count). The Morgan fingerprint density at radius 3 is 2.67 bits per heavy atom. The Bertz CT molecular complexity index is 794. The van der Waals surface area contributed by atoms with Gasteiger partial charge in [0.05, 0.1) is 31.3 Å². The molecule has 0 aromatic heterocycles. The monoisotopic (exact) mass is 332 g/mol. The molecule has 1 aliphatic carbocycles. The quantitative estimate of drug-likeness (QED) is 0.665. The van der Waals surface area contributed by atoms with Crippen LogP contribution in [0.2, 0.25) is 0 Å². The number of halogens is 1. The standard InChI is InChI=1S/C17H17FN2O4/c1-23-16-5-3-4-10-11(16)6-7-13(10)19-14-9-17(24-2)12(18)8-15(14)20(21)22/h3-5,8-9,13,19H,6-7H2,1-2H3. The predicted molar refractivity (Wildman–Crippen MR) is 87.3 cm³/mol. The fourth-order valence-electron chi connectivity index (χ4n) is 3.12. The van der Waals surface area contributed by atoms with Crippen LogP contribution in [0.3, 0.4) is 0 Å². The maximum absolute atomic E-state index is 13.8. The van der Waals surface area contributed by atoms with Crippen LogP contribution in [0.15, 0.2) is 30.3 Å². The largest absolute Gasteiger partial charge is 0.496 e. The summed E-state index contributed by atoms with van der Waals surface area (Å²) in [5, 5.41) is 14.4. The molecule has 126 valence electrons. The molecule has 0 saturated carbocycles. The number of nitro benzene ring substituents is 1. The van der Waals surface area contributed by atoms with Gasteiger partial charge in [0.25, 0.3) is 5.69 Å². The van der Waals surface area contributed by atoms with Crippen molar-refractivity contribution in [1.82, 2.24) is 0 Å². The Hall–Kier alpha value is -2.83. The van der Waals surface area contributed by atoms with Gasteiger partial charge in [0.2, 0.25) is 0 Å². The molecule has 0 fully saturated rings. The molecule has 2 aromatic rings. The molecular weight excluding hydrogens is 315 g/mol. The van der Waals surface area contributed by atoms with Gasteiger partial charge in [0.15, 0.2) is 11.6 Å². The van der Waals surface area contributed by atoms with Crippen LogP contribution in [0.5, 0.6) is 11.5 Å². The minimum absolute atomic E-state index is 0.0352. The molecule has 0 heterocycles. The number of fused-ring (bicyclic) bond motifs is 1. The third-order valence-electron chi connectivity index (χ3n) is 4.24. The van der Waals surface area contributed by atoms with Gasteiger partial charge in [-0.2, -0.15) is 0 Å². The Kier molecular flexibility index (Phi) is 4.24. The van der Waals surface area contributed by atoms with Gasteiger partial charge in [-0.05, 0) is 30.0 Å². The Labute approximate surface area is 138 Å². The van der Waals surface area contributed by atoms with E-state index >= 15 is 0 Å². The van der Waals surface area contributed by atoms with E-state index in [1.54, 1.807) is 7.11 Å². The molecule has 2 aromatic carbocycles. The van der Waals surface area contributed by atoms with Crippen LogP contribution in [0, 0.1) is 15.9 Å². The summed E-state index contributed by atoms with van der Waals surface area (Å²) in [7, 11) is 2.94. The summed E-state index contributed by atoms with van der Waals surface area (Å²) in [6, 6.07) is 7.84. The van der Waals surface area contributed by atoms with Crippen LogP contribution in [0.25, 0.3) is 0 Å². The van der Waals surface area contributed by atoms with E-state index in [2.05, 4.69) is 5.32 Å². The topological polar surface area (TPSA) is 73.6 Å². The average Bonchev–Trinajstić information content (AvgIpc) is 2.99. The summed E-state index contributed by atoms with van der Waals surface area (Å²) in [6.07, 6.45) is 1.58. The highest BCUT2D eigenvalue weighted by atomic mass is 19.1. The second kappa shape index (κ2) is 6.35. The van der Waals surface area contributed by atoms with Gasteiger partial charge in [0.1, 0.15) is 11.4 Å². The number of nitrogens with zero attached hydrogens (tertiary/aromatic N) is 1. The van der Waals surface area contributed by atoms with E-state index in [1.807, 2.05) is 18.2 Å². The van der Waals surface area contributed by atoms with Crippen molar-refractivity contribution in [3.8, 4) is 11.5 Å². The number of nitrogens with one attached hydrogen (secondary N) is 1. The van der Waals surface area contributed by atoms with E-state index < -0.39 is 10.7 Å². The first-order chi connectivity index (χ1) is 11.5. The summed E-state index contributed by atoms with van der Waals surface area (Å²) in [4.78, 5) is 10.6. The highest BCUT2D eigenvalue weighted by molar-refractivity contribution is 5.66. The Morgan fingerprint density at radius 2 is 2.00 bits per heavy atom.